The summed E-state index contributed by atoms with van der Waals surface area (Å²) >= 11 is 0. The minimum atomic E-state index is -1.95. The normalized spacial score (nSPS) is 22.1. The van der Waals surface area contributed by atoms with E-state index in [1.54, 1.807) is 24.5 Å². The second kappa shape index (κ2) is 9.94. The van der Waals surface area contributed by atoms with Crippen molar-refractivity contribution < 1.29 is 28.6 Å². The number of aliphatic hydroxyl groups is 1. The molecule has 1 amide bonds. The van der Waals surface area contributed by atoms with E-state index >= 15 is 4.39 Å². The summed E-state index contributed by atoms with van der Waals surface area (Å²) in [5.41, 5.74) is 8.24. The maximum absolute atomic E-state index is 15.2. The first-order valence-electron chi connectivity index (χ1n) is 14.9. The maximum Gasteiger partial charge on any atom is 0.343 e. The van der Waals surface area contributed by atoms with Gasteiger partial charge in [0.1, 0.15) is 24.8 Å². The number of nitrogens with one attached hydrogen (secondary N) is 2. The van der Waals surface area contributed by atoms with Crippen molar-refractivity contribution in [2.24, 2.45) is 5.73 Å². The molecule has 7 rings (SSSR count). The molecule has 2 aliphatic carbocycles. The van der Waals surface area contributed by atoms with Crippen LogP contribution >= 0.6 is 0 Å². The van der Waals surface area contributed by atoms with Gasteiger partial charge < -0.3 is 35.5 Å². The van der Waals surface area contributed by atoms with Crippen LogP contribution in [0, 0.1) is 12.7 Å². The largest absolute Gasteiger partial charge is 0.458 e. The first-order valence-corrected chi connectivity index (χ1v) is 14.9. The molecule has 1 aromatic carbocycles. The van der Waals surface area contributed by atoms with Crippen LogP contribution in [0.3, 0.4) is 0 Å². The summed E-state index contributed by atoms with van der Waals surface area (Å²) in [6.07, 6.45) is 2.77. The number of pyridine rings is 2. The molecular weight excluding hydrogens is 569 g/mol. The van der Waals surface area contributed by atoms with Gasteiger partial charge in [-0.15, -0.1) is 0 Å². The fourth-order valence-corrected chi connectivity index (χ4v) is 7.01. The fraction of sp³-hybridized carbons (Fsp3) is 0.438. The van der Waals surface area contributed by atoms with Gasteiger partial charge in [-0.1, -0.05) is 13.5 Å². The molecule has 2 atom stereocenters. The number of nitrogens with zero attached hydrogens (tertiary/aromatic N) is 2. The number of amides is 1. The Balaban J connectivity index is 1.34. The molecule has 230 valence electrons. The Labute approximate surface area is 252 Å². The topological polar surface area (TPSA) is 158 Å². The molecule has 2 aliphatic heterocycles. The number of aromatic nitrogens is 2. The lowest BCUT2D eigenvalue weighted by molar-refractivity contribution is -0.172. The number of rotatable bonds is 8. The number of halogens is 1. The van der Waals surface area contributed by atoms with Gasteiger partial charge in [0.2, 0.25) is 5.91 Å². The van der Waals surface area contributed by atoms with Gasteiger partial charge in [0.25, 0.3) is 5.56 Å². The molecule has 0 unspecified atom stereocenters. The van der Waals surface area contributed by atoms with Crippen molar-refractivity contribution >= 4 is 22.8 Å². The van der Waals surface area contributed by atoms with Crippen molar-refractivity contribution in [1.82, 2.24) is 20.2 Å². The lowest BCUT2D eigenvalue weighted by Gasteiger charge is -2.33. The molecule has 0 bridgehead atoms. The molecule has 44 heavy (non-hydrogen) atoms. The molecule has 0 spiro atoms. The Morgan fingerprint density at radius 1 is 1.30 bits per heavy atom. The number of benzene rings is 1. The van der Waals surface area contributed by atoms with E-state index in [0.717, 1.165) is 34.9 Å². The standard InChI is InChI=1S/C32H34FN5O6/c1-4-32(42)20-9-24-28-18(12-38(24)29(40)19(20)13-43-30(32)41)27-22(6-5-17-15(2)21(33)10-23(37-28)26(17)27)36-16(3)31(7-8-31)44-14-35-25(39)11-34/h9-10,22,36,42H,3-8,11-14,34H2,1-2H3,(H,35,39)/t22-,32-/m0/s1. The van der Waals surface area contributed by atoms with E-state index in [-0.39, 0.29) is 67.3 Å². The third-order valence-corrected chi connectivity index (χ3v) is 9.78. The minimum absolute atomic E-state index is 0.0107. The average molecular weight is 604 g/mol. The number of cyclic esters (lactones) is 1. The zero-order chi connectivity index (χ0) is 31.1. The second-order valence-corrected chi connectivity index (χ2v) is 12.1. The molecule has 0 saturated heterocycles. The monoisotopic (exact) mass is 603 g/mol. The minimum Gasteiger partial charge on any atom is -0.458 e. The number of hydrogen-bond donors (Lipinski definition) is 4. The number of nitrogens with two attached hydrogens (primary N) is 1. The van der Waals surface area contributed by atoms with E-state index < -0.39 is 17.2 Å². The van der Waals surface area contributed by atoms with Crippen molar-refractivity contribution in [2.45, 2.75) is 76.3 Å². The van der Waals surface area contributed by atoms with Crippen molar-refractivity contribution in [1.29, 1.82) is 0 Å². The molecule has 1 fully saturated rings. The Morgan fingerprint density at radius 3 is 2.77 bits per heavy atom. The summed E-state index contributed by atoms with van der Waals surface area (Å²) in [4.78, 5) is 42.9. The summed E-state index contributed by atoms with van der Waals surface area (Å²) in [5.74, 6) is -1.46. The van der Waals surface area contributed by atoms with Gasteiger partial charge in [0.15, 0.2) is 5.60 Å². The van der Waals surface area contributed by atoms with Gasteiger partial charge in [-0.25, -0.2) is 14.2 Å². The van der Waals surface area contributed by atoms with Crippen LogP contribution in [-0.4, -0.2) is 45.4 Å². The van der Waals surface area contributed by atoms with Crippen LogP contribution < -0.4 is 21.9 Å². The van der Waals surface area contributed by atoms with Crippen molar-refractivity contribution in [2.75, 3.05) is 13.3 Å². The van der Waals surface area contributed by atoms with Crippen LogP contribution in [0.2, 0.25) is 0 Å². The summed E-state index contributed by atoms with van der Waals surface area (Å²) in [6.45, 7) is 7.62. The lowest BCUT2D eigenvalue weighted by atomic mass is 9.81. The van der Waals surface area contributed by atoms with Crippen LogP contribution in [0.4, 0.5) is 4.39 Å². The number of esters is 1. The molecule has 4 aliphatic rings. The van der Waals surface area contributed by atoms with E-state index in [2.05, 4.69) is 17.2 Å². The number of ether oxygens (including phenoxy) is 2. The summed E-state index contributed by atoms with van der Waals surface area (Å²) < 4.78 is 28.0. The smallest absolute Gasteiger partial charge is 0.343 e. The van der Waals surface area contributed by atoms with E-state index in [9.17, 15) is 19.5 Å². The van der Waals surface area contributed by atoms with Gasteiger partial charge in [-0.3, -0.25) is 9.59 Å². The first kappa shape index (κ1) is 28.6. The lowest BCUT2D eigenvalue weighted by Crippen LogP contribution is -2.44. The van der Waals surface area contributed by atoms with Crippen LogP contribution in [0.15, 0.2) is 29.2 Å². The maximum atomic E-state index is 15.2. The number of fused-ring (bicyclic) bond motifs is 5. The number of hydrogen-bond acceptors (Lipinski definition) is 9. The number of aryl methyl sites for hydroxylation is 1. The predicted octanol–water partition coefficient (Wildman–Crippen LogP) is 2.20. The molecule has 11 nitrogen and oxygen atoms in total. The van der Waals surface area contributed by atoms with Crippen molar-refractivity contribution in [3.8, 4) is 11.4 Å². The van der Waals surface area contributed by atoms with E-state index in [1.165, 1.54) is 6.07 Å². The van der Waals surface area contributed by atoms with E-state index in [4.69, 9.17) is 20.2 Å². The SMILES string of the molecule is C=C(N[C@H]1CCc2c(C)c(F)cc3nc4c(c1c23)Cn1c-4cc2c(c1=O)COC(=O)[C@]2(O)CC)C1(OCNC(=O)CN)CC1. The van der Waals surface area contributed by atoms with Crippen LogP contribution in [-0.2, 0) is 44.2 Å². The Hall–Kier alpha value is -4.13. The van der Waals surface area contributed by atoms with Gasteiger partial charge in [0.05, 0.1) is 41.6 Å². The van der Waals surface area contributed by atoms with Gasteiger partial charge in [0, 0.05) is 28.3 Å². The fourth-order valence-electron chi connectivity index (χ4n) is 7.01. The highest BCUT2D eigenvalue weighted by atomic mass is 19.1. The van der Waals surface area contributed by atoms with Crippen LogP contribution in [0.5, 0.6) is 0 Å². The second-order valence-electron chi connectivity index (χ2n) is 12.1. The quantitative estimate of drug-likeness (QED) is 0.175. The molecule has 3 aromatic rings. The van der Waals surface area contributed by atoms with Crippen molar-refractivity contribution in [3.63, 3.8) is 0 Å². The van der Waals surface area contributed by atoms with E-state index in [0.29, 0.717) is 41.0 Å². The molecule has 5 N–H and O–H groups in total. The predicted molar refractivity (Wildman–Crippen MR) is 158 cm³/mol. The first-order chi connectivity index (χ1) is 21.0. The Kier molecular flexibility index (Phi) is 6.47. The highest BCUT2D eigenvalue weighted by molar-refractivity contribution is 5.93. The average Bonchev–Trinajstić information content (AvgIpc) is 3.72. The summed E-state index contributed by atoms with van der Waals surface area (Å²) in [6, 6.07) is 2.85. The van der Waals surface area contributed by atoms with Crippen molar-refractivity contribution in [3.05, 3.63) is 74.0 Å². The third-order valence-electron chi connectivity index (χ3n) is 9.78. The van der Waals surface area contributed by atoms with Crippen LogP contribution in [0.1, 0.15) is 72.0 Å². The third kappa shape index (κ3) is 4.04. The zero-order valence-corrected chi connectivity index (χ0v) is 24.6. The molecular formula is C32H34FN5O6. The summed E-state index contributed by atoms with van der Waals surface area (Å²) in [7, 11) is 0. The van der Waals surface area contributed by atoms with E-state index in [1.807, 2.05) is 0 Å². The number of carbonyl (C=O) groups is 2. The zero-order valence-electron chi connectivity index (χ0n) is 24.6. The summed E-state index contributed by atoms with van der Waals surface area (Å²) in [5, 5.41) is 18.3. The molecule has 2 aromatic heterocycles. The highest BCUT2D eigenvalue weighted by Crippen LogP contribution is 2.49. The molecule has 1 saturated carbocycles. The Morgan fingerprint density at radius 2 is 2.07 bits per heavy atom. The van der Waals surface area contributed by atoms with Gasteiger partial charge in [-0.2, -0.15) is 0 Å². The van der Waals surface area contributed by atoms with Crippen LogP contribution in [0.25, 0.3) is 22.3 Å². The molecule has 4 heterocycles. The van der Waals surface area contributed by atoms with Gasteiger partial charge in [-0.05, 0) is 61.8 Å². The Bertz CT molecular complexity index is 1860. The van der Waals surface area contributed by atoms with Gasteiger partial charge >= 0.3 is 5.97 Å². The number of carbonyl (C=O) groups excluding carboxylic acids is 2. The molecule has 12 heteroatoms. The highest BCUT2D eigenvalue weighted by Gasteiger charge is 2.49. The molecule has 0 radical (unpaired) electrons.